The number of aromatic nitrogens is 3. The van der Waals surface area contributed by atoms with Crippen molar-refractivity contribution in [2.24, 2.45) is 0 Å². The summed E-state index contributed by atoms with van der Waals surface area (Å²) in [5, 5.41) is 28.3. The van der Waals surface area contributed by atoms with Gasteiger partial charge in [-0.2, -0.15) is 5.10 Å². The molecular weight excluding hydrogens is 422 g/mol. The van der Waals surface area contributed by atoms with Crippen LogP contribution in [0.3, 0.4) is 0 Å². The Kier molecular flexibility index (Phi) is 6.01. The third-order valence-corrected chi connectivity index (χ3v) is 6.04. The Morgan fingerprint density at radius 2 is 1.97 bits per heavy atom. The smallest absolute Gasteiger partial charge is 0.255 e. The average Bonchev–Trinajstić information content (AvgIpc) is 3.47. The lowest BCUT2D eigenvalue weighted by Gasteiger charge is -2.31. The van der Waals surface area contributed by atoms with Crippen LogP contribution in [0.2, 0.25) is 0 Å². The molecule has 0 saturated heterocycles. The Bertz CT molecular complexity index is 1150. The minimum Gasteiger partial charge on any atom is -0.380 e. The van der Waals surface area contributed by atoms with Gasteiger partial charge in [-0.1, -0.05) is 18.2 Å². The number of nitrogens with zero attached hydrogens (tertiary/aromatic N) is 4. The van der Waals surface area contributed by atoms with Gasteiger partial charge >= 0.3 is 0 Å². The zero-order chi connectivity index (χ0) is 23.8. The molecule has 0 saturated carbocycles. The molecule has 3 atom stereocenters. The normalized spacial score (nSPS) is 16.6. The van der Waals surface area contributed by atoms with Gasteiger partial charge in [-0.3, -0.25) is 14.6 Å². The van der Waals surface area contributed by atoms with E-state index in [1.807, 2.05) is 43.5 Å². The standard InChI is InChI=1S/C24H27N5O4/c1-15-12-17(7-8-20(15)29-11-5-10-26-29)16(2)27-23(32)24(3,33)21(30)22(31)28-13-18-6-4-9-25-19(18)14-28/h4-12,16,21,30,33H,13-14H2,1-3H3,(H,27,32)/t16-,21+,24-/m1/s1. The summed E-state index contributed by atoms with van der Waals surface area (Å²) in [5.74, 6) is -1.56. The van der Waals surface area contributed by atoms with Crippen molar-refractivity contribution in [3.05, 3.63) is 77.4 Å². The number of fused-ring (bicyclic) bond motifs is 1. The highest BCUT2D eigenvalue weighted by Crippen LogP contribution is 2.25. The second kappa shape index (κ2) is 8.76. The van der Waals surface area contributed by atoms with E-state index in [1.54, 1.807) is 30.1 Å². The summed E-state index contributed by atoms with van der Waals surface area (Å²) >= 11 is 0. The van der Waals surface area contributed by atoms with Gasteiger partial charge in [0.1, 0.15) is 0 Å². The molecule has 3 aromatic rings. The lowest BCUT2D eigenvalue weighted by molar-refractivity contribution is -0.166. The highest BCUT2D eigenvalue weighted by Gasteiger charge is 2.45. The molecule has 0 aliphatic carbocycles. The van der Waals surface area contributed by atoms with Crippen LogP contribution in [0.5, 0.6) is 0 Å². The first-order chi connectivity index (χ1) is 15.7. The zero-order valence-electron chi connectivity index (χ0n) is 18.8. The molecule has 1 aliphatic heterocycles. The number of aliphatic hydroxyl groups excluding tert-OH is 1. The van der Waals surface area contributed by atoms with Crippen LogP contribution in [0.25, 0.3) is 5.69 Å². The number of aliphatic hydroxyl groups is 2. The third-order valence-electron chi connectivity index (χ3n) is 6.04. The number of carbonyl (C=O) groups excluding carboxylic acids is 2. The summed E-state index contributed by atoms with van der Waals surface area (Å²) < 4.78 is 1.75. The lowest BCUT2D eigenvalue weighted by atomic mass is 9.95. The first-order valence-corrected chi connectivity index (χ1v) is 10.7. The van der Waals surface area contributed by atoms with E-state index < -0.39 is 29.6 Å². The van der Waals surface area contributed by atoms with Crippen LogP contribution in [0, 0.1) is 6.92 Å². The summed E-state index contributed by atoms with van der Waals surface area (Å²) in [4.78, 5) is 31.3. The number of pyridine rings is 1. The fraction of sp³-hybridized carbons (Fsp3) is 0.333. The number of nitrogens with one attached hydrogen (secondary N) is 1. The molecule has 0 fully saturated rings. The molecule has 9 heteroatoms. The van der Waals surface area contributed by atoms with Crippen LogP contribution in [0.15, 0.2) is 55.0 Å². The van der Waals surface area contributed by atoms with Gasteiger partial charge in [-0.15, -0.1) is 0 Å². The Morgan fingerprint density at radius 1 is 1.18 bits per heavy atom. The minimum atomic E-state index is -2.31. The molecule has 9 nitrogen and oxygen atoms in total. The quantitative estimate of drug-likeness (QED) is 0.523. The predicted octanol–water partition coefficient (Wildman–Crippen LogP) is 1.41. The van der Waals surface area contributed by atoms with E-state index in [0.717, 1.165) is 35.0 Å². The monoisotopic (exact) mass is 449 g/mol. The Labute approximate surface area is 191 Å². The van der Waals surface area contributed by atoms with Crippen LogP contribution in [-0.2, 0) is 22.7 Å². The van der Waals surface area contributed by atoms with E-state index >= 15 is 0 Å². The van der Waals surface area contributed by atoms with Gasteiger partial charge in [0.15, 0.2) is 11.7 Å². The first kappa shape index (κ1) is 22.6. The van der Waals surface area contributed by atoms with Crippen molar-refractivity contribution in [1.82, 2.24) is 25.0 Å². The van der Waals surface area contributed by atoms with Crippen molar-refractivity contribution in [2.45, 2.75) is 51.6 Å². The number of benzene rings is 1. The molecule has 4 rings (SSSR count). The van der Waals surface area contributed by atoms with Gasteiger partial charge in [-0.05, 0) is 55.7 Å². The van der Waals surface area contributed by atoms with Gasteiger partial charge in [0.05, 0.1) is 24.0 Å². The molecule has 0 unspecified atom stereocenters. The minimum absolute atomic E-state index is 0.224. The second-order valence-corrected chi connectivity index (χ2v) is 8.55. The lowest BCUT2D eigenvalue weighted by Crippen LogP contribution is -2.58. The van der Waals surface area contributed by atoms with Crippen molar-refractivity contribution in [3.8, 4) is 5.69 Å². The summed E-state index contributed by atoms with van der Waals surface area (Å²) in [6, 6.07) is 10.7. The molecule has 1 aliphatic rings. The topological polar surface area (TPSA) is 121 Å². The zero-order valence-corrected chi connectivity index (χ0v) is 18.8. The van der Waals surface area contributed by atoms with Gasteiger partial charge in [0.2, 0.25) is 0 Å². The van der Waals surface area contributed by atoms with E-state index in [0.29, 0.717) is 0 Å². The van der Waals surface area contributed by atoms with E-state index in [2.05, 4.69) is 15.4 Å². The number of aryl methyl sites for hydroxylation is 1. The fourth-order valence-electron chi connectivity index (χ4n) is 3.94. The first-order valence-electron chi connectivity index (χ1n) is 10.7. The number of carbonyl (C=O) groups is 2. The van der Waals surface area contributed by atoms with Crippen molar-refractivity contribution in [1.29, 1.82) is 0 Å². The molecule has 33 heavy (non-hydrogen) atoms. The number of rotatable bonds is 6. The Morgan fingerprint density at radius 3 is 2.64 bits per heavy atom. The highest BCUT2D eigenvalue weighted by molar-refractivity contribution is 5.94. The molecule has 0 bridgehead atoms. The number of amides is 2. The summed E-state index contributed by atoms with van der Waals surface area (Å²) in [6.07, 6.45) is 3.26. The van der Waals surface area contributed by atoms with Gasteiger partial charge in [-0.25, -0.2) is 4.68 Å². The maximum Gasteiger partial charge on any atom is 0.255 e. The van der Waals surface area contributed by atoms with Crippen LogP contribution in [0.1, 0.15) is 42.3 Å². The summed E-state index contributed by atoms with van der Waals surface area (Å²) in [6.45, 7) is 5.35. The number of hydrogen-bond acceptors (Lipinski definition) is 6. The largest absolute Gasteiger partial charge is 0.380 e. The van der Waals surface area contributed by atoms with Crippen molar-refractivity contribution >= 4 is 11.8 Å². The van der Waals surface area contributed by atoms with Crippen molar-refractivity contribution in [2.75, 3.05) is 0 Å². The van der Waals surface area contributed by atoms with E-state index in [1.165, 1.54) is 4.90 Å². The van der Waals surface area contributed by atoms with Crippen LogP contribution in [0.4, 0.5) is 0 Å². The third kappa shape index (κ3) is 4.37. The molecule has 172 valence electrons. The molecule has 1 aromatic carbocycles. The van der Waals surface area contributed by atoms with Crippen LogP contribution < -0.4 is 5.32 Å². The van der Waals surface area contributed by atoms with Gasteiger partial charge in [0.25, 0.3) is 11.8 Å². The van der Waals surface area contributed by atoms with Crippen LogP contribution in [-0.4, -0.2) is 53.4 Å². The Balaban J connectivity index is 1.42. The predicted molar refractivity (Wildman–Crippen MR) is 120 cm³/mol. The second-order valence-electron chi connectivity index (χ2n) is 8.55. The molecule has 2 aromatic heterocycles. The molecule has 2 amide bonds. The van der Waals surface area contributed by atoms with Crippen molar-refractivity contribution in [3.63, 3.8) is 0 Å². The molecule has 3 N–H and O–H groups in total. The molecule has 0 spiro atoms. The van der Waals surface area contributed by atoms with E-state index in [-0.39, 0.29) is 13.1 Å². The van der Waals surface area contributed by atoms with Crippen LogP contribution >= 0.6 is 0 Å². The highest BCUT2D eigenvalue weighted by atomic mass is 16.4. The van der Waals surface area contributed by atoms with E-state index in [9.17, 15) is 19.8 Å². The van der Waals surface area contributed by atoms with E-state index in [4.69, 9.17) is 0 Å². The summed E-state index contributed by atoms with van der Waals surface area (Å²) in [5.41, 5.74) is 2.00. The molecule has 3 heterocycles. The van der Waals surface area contributed by atoms with Gasteiger partial charge in [0, 0.05) is 25.1 Å². The Hall–Kier alpha value is -3.56. The summed E-state index contributed by atoms with van der Waals surface area (Å²) in [7, 11) is 0. The molecule has 0 radical (unpaired) electrons. The van der Waals surface area contributed by atoms with Crippen molar-refractivity contribution < 1.29 is 19.8 Å². The average molecular weight is 450 g/mol. The number of hydrogen-bond donors (Lipinski definition) is 3. The maximum absolute atomic E-state index is 12.8. The maximum atomic E-state index is 12.8. The SMILES string of the molecule is Cc1cc([C@@H](C)NC(=O)[C@](C)(O)[C@@H](O)C(=O)N2Cc3cccnc3C2)ccc1-n1cccn1. The molecular formula is C24H27N5O4. The fourth-order valence-corrected chi connectivity index (χ4v) is 3.94. The van der Waals surface area contributed by atoms with Gasteiger partial charge < -0.3 is 20.4 Å².